The topological polar surface area (TPSA) is 39.7 Å². The van der Waals surface area contributed by atoms with Gasteiger partial charge in [-0.2, -0.15) is 0 Å². The second-order valence-electron chi connectivity index (χ2n) is 7.83. The van der Waals surface area contributed by atoms with Crippen LogP contribution in [0.1, 0.15) is 22.3 Å². The van der Waals surface area contributed by atoms with Crippen molar-refractivity contribution in [1.82, 2.24) is 5.32 Å². The normalized spacial score (nSPS) is 12.3. The molecule has 0 atom stereocenters. The Labute approximate surface area is 182 Å². The summed E-state index contributed by atoms with van der Waals surface area (Å²) < 4.78 is 17.2. The fourth-order valence-corrected chi connectivity index (χ4v) is 3.86. The molecule has 0 aromatic heterocycles. The number of hydrogen-bond donors (Lipinski definition) is 1. The van der Waals surface area contributed by atoms with Crippen LogP contribution in [-0.2, 0) is 19.7 Å². The largest absolute Gasteiger partial charge is 0.489 e. The molecule has 0 bridgehead atoms. The number of aryl methyl sites for hydroxylation is 1. The van der Waals surface area contributed by atoms with E-state index in [1.807, 2.05) is 12.1 Å². The molecule has 0 saturated heterocycles. The van der Waals surface area contributed by atoms with Gasteiger partial charge in [0.1, 0.15) is 12.4 Å². The van der Waals surface area contributed by atoms with Crippen molar-refractivity contribution in [2.24, 2.45) is 0 Å². The molecule has 0 unspecified atom stereocenters. The van der Waals surface area contributed by atoms with E-state index in [1.54, 1.807) is 0 Å². The third-order valence-electron chi connectivity index (χ3n) is 5.58. The highest BCUT2D eigenvalue weighted by Crippen LogP contribution is 2.33. The first-order chi connectivity index (χ1) is 15.3. The third-order valence-corrected chi connectivity index (χ3v) is 5.58. The summed E-state index contributed by atoms with van der Waals surface area (Å²) >= 11 is 0. The minimum atomic E-state index is 0.296. The second-order valence-corrected chi connectivity index (χ2v) is 7.83. The number of hydrogen-bond acceptors (Lipinski definition) is 4. The lowest BCUT2D eigenvalue weighted by atomic mass is 10.0. The van der Waals surface area contributed by atoms with Gasteiger partial charge in [-0.25, -0.2) is 0 Å². The molecule has 1 heterocycles. The first-order valence-electron chi connectivity index (χ1n) is 10.5. The predicted molar refractivity (Wildman–Crippen MR) is 123 cm³/mol. The maximum Gasteiger partial charge on any atom is 0.231 e. The maximum atomic E-state index is 6.26. The number of nitrogens with one attached hydrogen (secondary N) is 1. The molecule has 5 rings (SSSR count). The van der Waals surface area contributed by atoms with Crippen LogP contribution in [0, 0.1) is 6.92 Å². The van der Waals surface area contributed by atoms with Crippen molar-refractivity contribution in [2.45, 2.75) is 26.6 Å². The van der Waals surface area contributed by atoms with Crippen LogP contribution in [0.3, 0.4) is 0 Å². The van der Waals surface area contributed by atoms with Gasteiger partial charge in [0.2, 0.25) is 6.79 Å². The van der Waals surface area contributed by atoms with E-state index < -0.39 is 0 Å². The highest BCUT2D eigenvalue weighted by atomic mass is 16.7. The molecule has 156 valence electrons. The molecule has 4 heteroatoms. The quantitative estimate of drug-likeness (QED) is 0.421. The molecular formula is C27H25NO3. The Balaban J connectivity index is 1.34. The Morgan fingerprint density at radius 1 is 0.806 bits per heavy atom. The van der Waals surface area contributed by atoms with Crippen molar-refractivity contribution in [1.29, 1.82) is 0 Å². The molecule has 4 nitrogen and oxygen atoms in total. The lowest BCUT2D eigenvalue weighted by Crippen LogP contribution is -2.14. The monoisotopic (exact) mass is 411 g/mol. The molecular weight excluding hydrogens is 386 g/mol. The van der Waals surface area contributed by atoms with Gasteiger partial charge >= 0.3 is 0 Å². The standard InChI is InChI=1S/C27H25NO3/c1-19-6-8-20(9-7-19)17-29-25-13-11-22-4-2-3-5-23(22)24(25)16-28-15-21-10-12-26-27(14-21)31-18-30-26/h2-14,28H,15-18H2,1H3. The van der Waals surface area contributed by atoms with Crippen LogP contribution in [0.15, 0.2) is 78.9 Å². The van der Waals surface area contributed by atoms with Crippen molar-refractivity contribution in [2.75, 3.05) is 6.79 Å². The predicted octanol–water partition coefficient (Wildman–Crippen LogP) is 5.75. The van der Waals surface area contributed by atoms with Crippen LogP contribution >= 0.6 is 0 Å². The smallest absolute Gasteiger partial charge is 0.231 e. The van der Waals surface area contributed by atoms with E-state index in [4.69, 9.17) is 14.2 Å². The van der Waals surface area contributed by atoms with E-state index in [0.717, 1.165) is 34.9 Å². The van der Waals surface area contributed by atoms with E-state index >= 15 is 0 Å². The third kappa shape index (κ3) is 4.35. The summed E-state index contributed by atoms with van der Waals surface area (Å²) in [6, 6.07) is 27.2. The van der Waals surface area contributed by atoms with Crippen molar-refractivity contribution in [3.05, 3.63) is 101 Å². The molecule has 1 N–H and O–H groups in total. The second kappa shape index (κ2) is 8.70. The lowest BCUT2D eigenvalue weighted by Gasteiger charge is -2.15. The zero-order chi connectivity index (χ0) is 21.0. The molecule has 1 aliphatic rings. The summed E-state index contributed by atoms with van der Waals surface area (Å²) in [5.41, 5.74) is 4.75. The van der Waals surface area contributed by atoms with Gasteiger partial charge in [-0.15, -0.1) is 0 Å². The van der Waals surface area contributed by atoms with Crippen LogP contribution in [0.2, 0.25) is 0 Å². The Hall–Kier alpha value is -3.50. The molecule has 0 radical (unpaired) electrons. The van der Waals surface area contributed by atoms with Gasteiger partial charge in [0, 0.05) is 18.7 Å². The molecule has 1 aliphatic heterocycles. The zero-order valence-electron chi connectivity index (χ0n) is 17.6. The van der Waals surface area contributed by atoms with E-state index in [1.165, 1.54) is 21.9 Å². The Kier molecular flexibility index (Phi) is 5.46. The van der Waals surface area contributed by atoms with Crippen LogP contribution in [0.25, 0.3) is 10.8 Å². The molecule has 0 amide bonds. The molecule has 0 fully saturated rings. The van der Waals surface area contributed by atoms with E-state index in [9.17, 15) is 0 Å². The van der Waals surface area contributed by atoms with Crippen molar-refractivity contribution < 1.29 is 14.2 Å². The number of benzene rings is 4. The molecule has 0 spiro atoms. The number of rotatable bonds is 7. The first kappa shape index (κ1) is 19.5. The Morgan fingerprint density at radius 3 is 2.52 bits per heavy atom. The SMILES string of the molecule is Cc1ccc(COc2ccc3ccccc3c2CNCc2ccc3c(c2)OCO3)cc1. The first-order valence-corrected chi connectivity index (χ1v) is 10.5. The summed E-state index contributed by atoms with van der Waals surface area (Å²) in [6.07, 6.45) is 0. The highest BCUT2D eigenvalue weighted by molar-refractivity contribution is 5.87. The lowest BCUT2D eigenvalue weighted by molar-refractivity contribution is 0.174. The fraction of sp³-hybridized carbons (Fsp3) is 0.185. The maximum absolute atomic E-state index is 6.26. The molecule has 4 aromatic carbocycles. The van der Waals surface area contributed by atoms with Gasteiger partial charge in [0.05, 0.1) is 0 Å². The van der Waals surface area contributed by atoms with Crippen LogP contribution < -0.4 is 19.5 Å². The summed E-state index contributed by atoms with van der Waals surface area (Å²) in [5.74, 6) is 2.54. The van der Waals surface area contributed by atoms with E-state index in [0.29, 0.717) is 19.9 Å². The van der Waals surface area contributed by atoms with Crippen molar-refractivity contribution in [3.63, 3.8) is 0 Å². The summed E-state index contributed by atoms with van der Waals surface area (Å²) in [5, 5.41) is 5.99. The molecule has 0 aliphatic carbocycles. The molecule has 0 saturated carbocycles. The minimum absolute atomic E-state index is 0.296. The van der Waals surface area contributed by atoms with Gasteiger partial charge in [-0.3, -0.25) is 0 Å². The summed E-state index contributed by atoms with van der Waals surface area (Å²) in [6.45, 7) is 4.38. The molecule has 31 heavy (non-hydrogen) atoms. The van der Waals surface area contributed by atoms with Crippen molar-refractivity contribution in [3.8, 4) is 17.2 Å². The average molecular weight is 412 g/mol. The minimum Gasteiger partial charge on any atom is -0.489 e. The Bertz CT molecular complexity index is 1200. The average Bonchev–Trinajstić information content (AvgIpc) is 3.27. The zero-order valence-corrected chi connectivity index (χ0v) is 17.6. The summed E-state index contributed by atoms with van der Waals surface area (Å²) in [4.78, 5) is 0. The van der Waals surface area contributed by atoms with Crippen LogP contribution in [-0.4, -0.2) is 6.79 Å². The van der Waals surface area contributed by atoms with Gasteiger partial charge in [0.25, 0.3) is 0 Å². The Morgan fingerprint density at radius 2 is 1.61 bits per heavy atom. The number of fused-ring (bicyclic) bond motifs is 2. The van der Waals surface area contributed by atoms with Gasteiger partial charge in [-0.1, -0.05) is 66.2 Å². The molecule has 4 aromatic rings. The van der Waals surface area contributed by atoms with Gasteiger partial charge in [-0.05, 0) is 47.0 Å². The van der Waals surface area contributed by atoms with Crippen LogP contribution in [0.5, 0.6) is 17.2 Å². The number of ether oxygens (including phenoxy) is 3. The van der Waals surface area contributed by atoms with E-state index in [-0.39, 0.29) is 0 Å². The van der Waals surface area contributed by atoms with Gasteiger partial charge < -0.3 is 19.5 Å². The highest BCUT2D eigenvalue weighted by Gasteiger charge is 2.14. The van der Waals surface area contributed by atoms with Crippen molar-refractivity contribution >= 4 is 10.8 Å². The fourth-order valence-electron chi connectivity index (χ4n) is 3.86. The van der Waals surface area contributed by atoms with Gasteiger partial charge in [0.15, 0.2) is 11.5 Å². The van der Waals surface area contributed by atoms with Crippen LogP contribution in [0.4, 0.5) is 0 Å². The summed E-state index contributed by atoms with van der Waals surface area (Å²) in [7, 11) is 0. The van der Waals surface area contributed by atoms with E-state index in [2.05, 4.69) is 79.0 Å².